The van der Waals surface area contributed by atoms with E-state index in [4.69, 9.17) is 11.3 Å². The molecule has 0 saturated heterocycles. The third-order valence-electron chi connectivity index (χ3n) is 10.1. The van der Waals surface area contributed by atoms with Gasteiger partial charge in [0.25, 0.3) is 5.91 Å². The van der Waals surface area contributed by atoms with Gasteiger partial charge in [0.1, 0.15) is 11.6 Å². The molecule has 36 heavy (non-hydrogen) atoms. The molecule has 0 aliphatic heterocycles. The van der Waals surface area contributed by atoms with Crippen LogP contribution in [0.2, 0.25) is 0 Å². The number of hydrogen-bond donors (Lipinski definition) is 3. The molecule has 4 aliphatic carbocycles. The van der Waals surface area contributed by atoms with Crippen molar-refractivity contribution in [1.82, 2.24) is 5.32 Å². The third-order valence-corrected chi connectivity index (χ3v) is 10.1. The second-order valence-electron chi connectivity index (χ2n) is 12.4. The van der Waals surface area contributed by atoms with E-state index in [0.29, 0.717) is 30.6 Å². The summed E-state index contributed by atoms with van der Waals surface area (Å²) in [5.41, 5.74) is 1.20. The second-order valence-corrected chi connectivity index (χ2v) is 12.4. The van der Waals surface area contributed by atoms with Crippen molar-refractivity contribution in [3.63, 3.8) is 0 Å². The van der Waals surface area contributed by atoms with Crippen LogP contribution >= 0.6 is 0 Å². The maximum atomic E-state index is 12.2. The van der Waals surface area contributed by atoms with Gasteiger partial charge < -0.3 is 20.4 Å². The molecule has 4 rings (SSSR count). The number of aliphatic carboxylic acids is 1. The number of amides is 1. The van der Waals surface area contributed by atoms with Gasteiger partial charge in [0, 0.05) is 5.41 Å². The van der Waals surface area contributed by atoms with Crippen LogP contribution in [0.1, 0.15) is 85.5 Å². The second kappa shape index (κ2) is 9.85. The average molecular weight is 499 g/mol. The Morgan fingerprint density at radius 2 is 1.92 bits per heavy atom. The minimum absolute atomic E-state index is 0.114. The molecule has 0 bridgehead atoms. The van der Waals surface area contributed by atoms with E-state index in [2.05, 4.69) is 36.3 Å². The summed E-state index contributed by atoms with van der Waals surface area (Å²) in [6, 6.07) is -0.921. The number of allylic oxidation sites excluding steroid dienone is 2. The monoisotopic (exact) mass is 498 g/mol. The van der Waals surface area contributed by atoms with E-state index < -0.39 is 23.5 Å². The zero-order chi connectivity index (χ0) is 26.3. The Morgan fingerprint density at radius 1 is 1.19 bits per heavy atom. The van der Waals surface area contributed by atoms with Crippen molar-refractivity contribution in [2.75, 3.05) is 6.61 Å². The largest absolute Gasteiger partial charge is 0.480 e. The Hall–Kier alpha value is -2.33. The number of aliphatic hydroxyl groups is 1. The molecular weight excluding hydrogens is 456 g/mol. The van der Waals surface area contributed by atoms with E-state index in [-0.39, 0.29) is 23.4 Å². The molecule has 0 aromatic rings. The van der Waals surface area contributed by atoms with Crippen molar-refractivity contribution in [3.05, 3.63) is 11.6 Å². The number of hydrogen-bond acceptors (Lipinski definition) is 5. The van der Waals surface area contributed by atoms with Gasteiger partial charge in [-0.2, -0.15) is 0 Å². The number of carbonyl (C=O) groups excluding carboxylic acids is 1. The summed E-state index contributed by atoms with van der Waals surface area (Å²) in [7, 11) is 0. The third kappa shape index (κ3) is 4.58. The van der Waals surface area contributed by atoms with Gasteiger partial charge in [-0.15, -0.1) is 6.42 Å². The van der Waals surface area contributed by atoms with E-state index in [1.165, 1.54) is 5.57 Å². The van der Waals surface area contributed by atoms with Crippen LogP contribution in [0.25, 0.3) is 0 Å². The molecule has 0 heterocycles. The van der Waals surface area contributed by atoms with E-state index >= 15 is 0 Å². The summed E-state index contributed by atoms with van der Waals surface area (Å²) in [6.07, 6.45) is 16.0. The van der Waals surface area contributed by atoms with Crippen molar-refractivity contribution >= 4 is 17.6 Å². The van der Waals surface area contributed by atoms with Crippen LogP contribution < -0.4 is 5.32 Å². The molecule has 0 aromatic heterocycles. The quantitative estimate of drug-likeness (QED) is 0.358. The maximum absolute atomic E-state index is 12.2. The first-order chi connectivity index (χ1) is 16.9. The lowest BCUT2D eigenvalue weighted by Crippen LogP contribution is -2.54. The minimum Gasteiger partial charge on any atom is -0.480 e. The summed E-state index contributed by atoms with van der Waals surface area (Å²) < 4.78 is 0. The molecular formula is C29H42N2O5. The molecule has 1 amide bonds. The Labute approximate surface area is 215 Å². The molecule has 3 N–H and O–H groups in total. The van der Waals surface area contributed by atoms with Gasteiger partial charge >= 0.3 is 5.97 Å². The number of terminal acetylenes is 1. The number of carboxylic acids is 1. The van der Waals surface area contributed by atoms with Gasteiger partial charge in [0.2, 0.25) is 0 Å². The summed E-state index contributed by atoms with van der Waals surface area (Å²) in [6.45, 7) is 8.15. The van der Waals surface area contributed by atoms with Crippen LogP contribution in [0.15, 0.2) is 16.8 Å². The lowest BCUT2D eigenvalue weighted by atomic mass is 9.46. The zero-order valence-corrected chi connectivity index (χ0v) is 22.2. The highest BCUT2D eigenvalue weighted by Crippen LogP contribution is 2.67. The van der Waals surface area contributed by atoms with Crippen LogP contribution in [0.3, 0.4) is 0 Å². The molecule has 1 unspecified atom stereocenters. The number of carboxylic acid groups (broad SMARTS) is 1. The highest BCUT2D eigenvalue weighted by atomic mass is 16.6. The van der Waals surface area contributed by atoms with Gasteiger partial charge in [-0.25, -0.2) is 4.79 Å². The molecule has 4 aliphatic rings. The Kier molecular flexibility index (Phi) is 7.31. The van der Waals surface area contributed by atoms with Crippen LogP contribution in [-0.2, 0) is 14.4 Å². The minimum atomic E-state index is -1.04. The SMILES string of the molecule is C#C[C@@]1(O)CC[C@H]2[C@@H]3CCC4=C/C(=N/OCC(=O)NC(CC(C)C)C(=O)O)CC[C@]4(C)[C@H]3CC[C@@]21C. The van der Waals surface area contributed by atoms with Crippen LogP contribution in [0.4, 0.5) is 0 Å². The Morgan fingerprint density at radius 3 is 2.58 bits per heavy atom. The fourth-order valence-corrected chi connectivity index (χ4v) is 8.00. The van der Waals surface area contributed by atoms with Gasteiger partial charge in [-0.05, 0) is 93.0 Å². The molecule has 3 fully saturated rings. The fourth-order valence-electron chi connectivity index (χ4n) is 8.00. The molecule has 7 nitrogen and oxygen atoms in total. The normalized spacial score (nSPS) is 39.3. The van der Waals surface area contributed by atoms with Crippen LogP contribution in [-0.4, -0.2) is 46.1 Å². The predicted octanol–water partition coefficient (Wildman–Crippen LogP) is 4.30. The number of fused-ring (bicyclic) bond motifs is 5. The van der Waals surface area contributed by atoms with E-state index in [1.54, 1.807) is 0 Å². The molecule has 7 atom stereocenters. The Balaban J connectivity index is 1.39. The predicted molar refractivity (Wildman–Crippen MR) is 138 cm³/mol. The smallest absolute Gasteiger partial charge is 0.326 e. The van der Waals surface area contributed by atoms with Gasteiger partial charge in [0.05, 0.1) is 5.71 Å². The lowest BCUT2D eigenvalue weighted by Gasteiger charge is -2.58. The number of rotatable bonds is 7. The van der Waals surface area contributed by atoms with E-state index in [0.717, 1.165) is 50.7 Å². The molecule has 7 heteroatoms. The number of carbonyl (C=O) groups is 2. The van der Waals surface area contributed by atoms with E-state index in [1.807, 2.05) is 13.8 Å². The van der Waals surface area contributed by atoms with Crippen LogP contribution in [0.5, 0.6) is 0 Å². The average Bonchev–Trinajstić information content (AvgIpc) is 3.09. The number of nitrogens with one attached hydrogen (secondary N) is 1. The summed E-state index contributed by atoms with van der Waals surface area (Å²) in [4.78, 5) is 28.9. The van der Waals surface area contributed by atoms with Crippen molar-refractivity contribution in [3.8, 4) is 12.3 Å². The first-order valence-corrected chi connectivity index (χ1v) is 13.6. The van der Waals surface area contributed by atoms with Crippen LogP contribution in [0, 0.1) is 46.8 Å². The van der Waals surface area contributed by atoms with Gasteiger partial charge in [0.15, 0.2) is 6.61 Å². The van der Waals surface area contributed by atoms with Crippen molar-refractivity contribution in [1.29, 1.82) is 0 Å². The highest BCUT2D eigenvalue weighted by molar-refractivity contribution is 5.96. The molecule has 0 radical (unpaired) electrons. The maximum Gasteiger partial charge on any atom is 0.326 e. The summed E-state index contributed by atoms with van der Waals surface area (Å²) >= 11 is 0. The number of nitrogens with zero attached hydrogens (tertiary/aromatic N) is 1. The highest BCUT2D eigenvalue weighted by Gasteiger charge is 2.63. The molecule has 0 spiro atoms. The van der Waals surface area contributed by atoms with Crippen molar-refractivity contribution in [2.24, 2.45) is 39.7 Å². The molecule has 0 aromatic carbocycles. The zero-order valence-electron chi connectivity index (χ0n) is 22.2. The van der Waals surface area contributed by atoms with Crippen molar-refractivity contribution in [2.45, 2.75) is 97.1 Å². The molecule has 3 saturated carbocycles. The fraction of sp³-hybridized carbons (Fsp3) is 0.759. The lowest BCUT2D eigenvalue weighted by molar-refractivity contribution is -0.143. The molecule has 198 valence electrons. The van der Waals surface area contributed by atoms with E-state index in [9.17, 15) is 19.8 Å². The first kappa shape index (κ1) is 26.7. The topological polar surface area (TPSA) is 108 Å². The van der Waals surface area contributed by atoms with Gasteiger partial charge in [-0.3, -0.25) is 4.79 Å². The summed E-state index contributed by atoms with van der Waals surface area (Å²) in [5.74, 6) is 3.03. The number of oxime groups is 1. The van der Waals surface area contributed by atoms with Gasteiger partial charge in [-0.1, -0.05) is 44.3 Å². The Bertz CT molecular complexity index is 996. The standard InChI is InChI=1S/C29H42N2O5/c1-6-29(35)14-11-23-21-8-7-19-16-20(9-12-27(19,4)22(21)10-13-28(23,29)5)31-36-17-25(32)30-24(26(33)34)15-18(2)3/h1,16,18,21-24,35H,7-15,17H2,2-5H3,(H,30,32)(H,33,34)/b31-20+/t21-,22+,23+,24?,27+,28+,29-/m1/s1. The summed E-state index contributed by atoms with van der Waals surface area (Å²) in [5, 5.41) is 27.2. The first-order valence-electron chi connectivity index (χ1n) is 13.6. The van der Waals surface area contributed by atoms with Crippen molar-refractivity contribution < 1.29 is 24.6 Å².